The van der Waals surface area contributed by atoms with Gasteiger partial charge in [0.05, 0.1) is 25.9 Å². The first-order valence-corrected chi connectivity index (χ1v) is 10.7. The molecule has 0 radical (unpaired) electrons. The summed E-state index contributed by atoms with van der Waals surface area (Å²) >= 11 is 0. The van der Waals surface area contributed by atoms with Gasteiger partial charge in [-0.3, -0.25) is 0 Å². The molecule has 1 aromatic carbocycles. The number of nitrogens with zero attached hydrogens (tertiary/aromatic N) is 6. The fraction of sp³-hybridized carbons (Fsp3) is 0.273. The van der Waals surface area contributed by atoms with E-state index in [1.54, 1.807) is 6.20 Å². The van der Waals surface area contributed by atoms with Gasteiger partial charge in [-0.15, -0.1) is 0 Å². The number of rotatable bonds is 6. The predicted molar refractivity (Wildman–Crippen MR) is 123 cm³/mol. The quantitative estimate of drug-likeness (QED) is 0.421. The summed E-state index contributed by atoms with van der Waals surface area (Å²) in [7, 11) is 1.30. The number of methoxy groups -OCH3 is 1. The third-order valence-electron chi connectivity index (χ3n) is 5.30. The van der Waals surface area contributed by atoms with Crippen LogP contribution in [0.1, 0.15) is 5.56 Å². The zero-order valence-corrected chi connectivity index (χ0v) is 18.6. The van der Waals surface area contributed by atoms with Crippen LogP contribution in [-0.4, -0.2) is 57.7 Å². The maximum Gasteiger partial charge on any atom is 0.416 e. The van der Waals surface area contributed by atoms with E-state index in [-0.39, 0.29) is 23.3 Å². The number of nitrogens with one attached hydrogen (secondary N) is 2. The molecule has 0 unspecified atom stereocenters. The lowest BCUT2D eigenvalue weighted by Gasteiger charge is -2.27. The van der Waals surface area contributed by atoms with E-state index < -0.39 is 11.7 Å². The van der Waals surface area contributed by atoms with Crippen molar-refractivity contribution in [3.8, 4) is 5.75 Å². The molecule has 0 saturated carbocycles. The highest BCUT2D eigenvalue weighted by Gasteiger charge is 2.31. The van der Waals surface area contributed by atoms with Crippen LogP contribution in [0.25, 0.3) is 5.65 Å². The molecule has 1 aliphatic rings. The van der Waals surface area contributed by atoms with Crippen LogP contribution in [-0.2, 0) is 10.9 Å². The zero-order valence-electron chi connectivity index (χ0n) is 18.6. The molecule has 5 rings (SSSR count). The highest BCUT2D eigenvalue weighted by atomic mass is 19.4. The number of halogens is 3. The Hall–Kier alpha value is -4.13. The number of hydrogen-bond acceptors (Lipinski definition) is 9. The Morgan fingerprint density at radius 3 is 2.40 bits per heavy atom. The van der Waals surface area contributed by atoms with Crippen LogP contribution in [0.15, 0.2) is 48.9 Å². The van der Waals surface area contributed by atoms with Crippen molar-refractivity contribution in [3.05, 3.63) is 54.5 Å². The van der Waals surface area contributed by atoms with Crippen molar-refractivity contribution in [1.82, 2.24) is 24.3 Å². The van der Waals surface area contributed by atoms with E-state index in [0.29, 0.717) is 37.9 Å². The second kappa shape index (κ2) is 9.25. The number of aromatic nitrogens is 5. The molecule has 1 saturated heterocycles. The predicted octanol–water partition coefficient (Wildman–Crippen LogP) is 3.87. The zero-order chi connectivity index (χ0) is 24.4. The van der Waals surface area contributed by atoms with E-state index in [4.69, 9.17) is 9.47 Å². The van der Waals surface area contributed by atoms with Crippen LogP contribution >= 0.6 is 0 Å². The van der Waals surface area contributed by atoms with Crippen LogP contribution in [0.5, 0.6) is 5.75 Å². The molecule has 182 valence electrons. The van der Waals surface area contributed by atoms with Gasteiger partial charge < -0.3 is 29.4 Å². The van der Waals surface area contributed by atoms with Gasteiger partial charge in [-0.25, -0.2) is 4.98 Å². The number of imidazole rings is 1. The largest absolute Gasteiger partial charge is 0.497 e. The fourth-order valence-corrected chi connectivity index (χ4v) is 3.58. The molecule has 0 spiro atoms. The first-order valence-electron chi connectivity index (χ1n) is 10.7. The van der Waals surface area contributed by atoms with Gasteiger partial charge in [0.2, 0.25) is 17.8 Å². The van der Waals surface area contributed by atoms with Crippen LogP contribution < -0.4 is 20.3 Å². The minimum atomic E-state index is -4.54. The summed E-state index contributed by atoms with van der Waals surface area (Å²) in [5, 5.41) is 6.00. The average Bonchev–Trinajstić information content (AvgIpc) is 3.31. The molecule has 0 amide bonds. The van der Waals surface area contributed by atoms with Gasteiger partial charge in [0.15, 0.2) is 0 Å². The Labute approximate surface area is 197 Å². The highest BCUT2D eigenvalue weighted by Crippen LogP contribution is 2.35. The third-order valence-corrected chi connectivity index (χ3v) is 5.30. The number of anilines is 5. The number of morpholine rings is 1. The van der Waals surface area contributed by atoms with Gasteiger partial charge >= 0.3 is 6.18 Å². The van der Waals surface area contributed by atoms with E-state index in [1.165, 1.54) is 13.2 Å². The van der Waals surface area contributed by atoms with Gasteiger partial charge in [0.1, 0.15) is 11.4 Å². The minimum absolute atomic E-state index is 0.0520. The molecule has 4 aromatic rings. The Morgan fingerprint density at radius 2 is 1.69 bits per heavy atom. The van der Waals surface area contributed by atoms with Crippen LogP contribution in [0.4, 0.5) is 42.4 Å². The van der Waals surface area contributed by atoms with Crippen molar-refractivity contribution >= 4 is 34.9 Å². The maximum atomic E-state index is 13.4. The monoisotopic (exact) mass is 486 g/mol. The lowest BCUT2D eigenvalue weighted by molar-refractivity contribution is -0.137. The van der Waals surface area contributed by atoms with Crippen LogP contribution in [0, 0.1) is 0 Å². The van der Waals surface area contributed by atoms with Crippen molar-refractivity contribution in [1.29, 1.82) is 0 Å². The Morgan fingerprint density at radius 1 is 0.943 bits per heavy atom. The van der Waals surface area contributed by atoms with E-state index in [0.717, 1.165) is 17.8 Å². The van der Waals surface area contributed by atoms with Gasteiger partial charge in [-0.1, -0.05) is 0 Å². The highest BCUT2D eigenvalue weighted by molar-refractivity contribution is 5.63. The Bertz CT molecular complexity index is 1340. The normalized spacial score (nSPS) is 14.2. The second-order valence-electron chi connectivity index (χ2n) is 7.69. The lowest BCUT2D eigenvalue weighted by atomic mass is 10.2. The number of pyridine rings is 1. The van der Waals surface area contributed by atoms with Gasteiger partial charge in [0, 0.05) is 55.2 Å². The lowest BCUT2D eigenvalue weighted by Crippen LogP contribution is -2.37. The minimum Gasteiger partial charge on any atom is -0.497 e. The van der Waals surface area contributed by atoms with Gasteiger partial charge in [-0.2, -0.15) is 28.1 Å². The summed E-state index contributed by atoms with van der Waals surface area (Å²) in [6.07, 6.45) is 0.804. The Kier molecular flexibility index (Phi) is 5.99. The van der Waals surface area contributed by atoms with E-state index in [2.05, 4.69) is 30.6 Å². The number of hydrogen-bond donors (Lipinski definition) is 2. The Balaban J connectivity index is 1.49. The second-order valence-corrected chi connectivity index (χ2v) is 7.69. The molecule has 0 aliphatic carbocycles. The topological polar surface area (TPSA) is 102 Å². The summed E-state index contributed by atoms with van der Waals surface area (Å²) in [5.41, 5.74) is 0.690. The standard InChI is InChI=1S/C22H21F3N8O2/c1-34-17-11-14(22(23,24)25)10-16(12-17)28-20-29-19(30-21(31-20)33-6-8-35-9-7-33)27-15-2-4-32-5-3-26-18(32)13-15/h2-5,10-13H,6-9H2,1H3,(H2,27,28,29,30,31). The molecule has 13 heteroatoms. The van der Waals surface area contributed by atoms with E-state index in [1.807, 2.05) is 33.8 Å². The first-order chi connectivity index (χ1) is 16.9. The molecule has 3 aromatic heterocycles. The first kappa shape index (κ1) is 22.7. The van der Waals surface area contributed by atoms with Crippen LogP contribution in [0.2, 0.25) is 0 Å². The van der Waals surface area contributed by atoms with Crippen molar-refractivity contribution < 1.29 is 22.6 Å². The molecule has 0 atom stereocenters. The number of fused-ring (bicyclic) bond motifs is 1. The average molecular weight is 486 g/mol. The molecule has 1 fully saturated rings. The molecular formula is C22H21F3N8O2. The number of alkyl halides is 3. The fourth-order valence-electron chi connectivity index (χ4n) is 3.58. The van der Waals surface area contributed by atoms with Crippen molar-refractivity contribution in [2.24, 2.45) is 0 Å². The molecule has 0 bridgehead atoms. The van der Waals surface area contributed by atoms with Gasteiger partial charge in [-0.05, 0) is 18.2 Å². The van der Waals surface area contributed by atoms with Crippen molar-refractivity contribution in [3.63, 3.8) is 0 Å². The summed E-state index contributed by atoms with van der Waals surface area (Å²) in [6, 6.07) is 6.99. The number of benzene rings is 1. The molecule has 2 N–H and O–H groups in total. The summed E-state index contributed by atoms with van der Waals surface area (Å²) in [6.45, 7) is 2.16. The number of ether oxygens (including phenoxy) is 2. The summed E-state index contributed by atoms with van der Waals surface area (Å²) in [5.74, 6) is 0.719. The smallest absolute Gasteiger partial charge is 0.416 e. The SMILES string of the molecule is COc1cc(Nc2nc(Nc3ccn4ccnc4c3)nc(N3CCOCC3)n2)cc(C(F)(F)F)c1. The molecule has 1 aliphatic heterocycles. The maximum absolute atomic E-state index is 13.4. The molecule has 4 heterocycles. The molecule has 35 heavy (non-hydrogen) atoms. The van der Waals surface area contributed by atoms with E-state index >= 15 is 0 Å². The summed E-state index contributed by atoms with van der Waals surface area (Å²) in [4.78, 5) is 19.5. The van der Waals surface area contributed by atoms with Crippen LogP contribution in [0.3, 0.4) is 0 Å². The van der Waals surface area contributed by atoms with Crippen molar-refractivity contribution in [2.45, 2.75) is 6.18 Å². The third kappa shape index (κ3) is 5.19. The van der Waals surface area contributed by atoms with Crippen molar-refractivity contribution in [2.75, 3.05) is 48.9 Å². The molecule has 10 nitrogen and oxygen atoms in total. The molecular weight excluding hydrogens is 465 g/mol. The summed E-state index contributed by atoms with van der Waals surface area (Å²) < 4.78 is 52.4. The van der Waals surface area contributed by atoms with Gasteiger partial charge in [0.25, 0.3) is 0 Å². The van der Waals surface area contributed by atoms with E-state index in [9.17, 15) is 13.2 Å².